The van der Waals surface area contributed by atoms with Crippen molar-refractivity contribution >= 4 is 23.4 Å². The van der Waals surface area contributed by atoms with Crippen molar-refractivity contribution in [3.05, 3.63) is 40.7 Å². The molecule has 1 atom stereocenters. The lowest BCUT2D eigenvalue weighted by Gasteiger charge is -2.29. The van der Waals surface area contributed by atoms with Crippen LogP contribution in [0.3, 0.4) is 0 Å². The Balaban J connectivity index is 2.00. The SMILES string of the molecule is CNC(=O)C(NC(=O)c1nc(-c2cccc(Cl)c2)n2c1CNCC2)C(C)(C)C. The molecule has 0 saturated carbocycles. The van der Waals surface area contributed by atoms with E-state index in [0.717, 1.165) is 17.8 Å². The number of likely N-dealkylation sites (N-methyl/N-ethyl adjacent to an activating group) is 1. The van der Waals surface area contributed by atoms with Gasteiger partial charge in [0.25, 0.3) is 5.91 Å². The summed E-state index contributed by atoms with van der Waals surface area (Å²) in [5.41, 5.74) is 1.56. The maximum Gasteiger partial charge on any atom is 0.272 e. The van der Waals surface area contributed by atoms with Crippen LogP contribution in [0.2, 0.25) is 5.02 Å². The molecule has 0 radical (unpaired) electrons. The van der Waals surface area contributed by atoms with Crippen molar-refractivity contribution in [3.8, 4) is 11.4 Å². The van der Waals surface area contributed by atoms with Gasteiger partial charge in [-0.25, -0.2) is 4.98 Å². The number of carbonyl (C=O) groups excluding carboxylic acids is 2. The summed E-state index contributed by atoms with van der Waals surface area (Å²) in [6.45, 7) is 7.77. The van der Waals surface area contributed by atoms with Crippen molar-refractivity contribution in [3.63, 3.8) is 0 Å². The molecule has 2 aromatic rings. The van der Waals surface area contributed by atoms with Crippen LogP contribution in [0.1, 0.15) is 37.0 Å². The number of imidazole rings is 1. The van der Waals surface area contributed by atoms with Crippen LogP contribution in [-0.2, 0) is 17.9 Å². The van der Waals surface area contributed by atoms with Crippen LogP contribution in [0.4, 0.5) is 0 Å². The standard InChI is InChI=1S/C20H26ClN5O2/c1-20(2,3)16(19(28)22-4)25-18(27)15-14-11-23-8-9-26(14)17(24-15)12-6-5-7-13(21)10-12/h5-7,10,16,23H,8-9,11H2,1-4H3,(H,22,28)(H,25,27). The molecule has 150 valence electrons. The molecule has 2 amide bonds. The first-order valence-electron chi connectivity index (χ1n) is 9.31. The number of nitrogens with one attached hydrogen (secondary N) is 3. The number of halogens is 1. The van der Waals surface area contributed by atoms with E-state index in [1.54, 1.807) is 13.1 Å². The predicted octanol–water partition coefficient (Wildman–Crippen LogP) is 2.20. The Morgan fingerprint density at radius 3 is 2.71 bits per heavy atom. The second-order valence-corrected chi connectivity index (χ2v) is 8.39. The van der Waals surface area contributed by atoms with E-state index in [-0.39, 0.29) is 11.8 Å². The van der Waals surface area contributed by atoms with Crippen LogP contribution in [0.25, 0.3) is 11.4 Å². The van der Waals surface area contributed by atoms with Crippen molar-refractivity contribution in [2.45, 2.75) is 39.9 Å². The summed E-state index contributed by atoms with van der Waals surface area (Å²) < 4.78 is 2.04. The van der Waals surface area contributed by atoms with Crippen LogP contribution < -0.4 is 16.0 Å². The Bertz CT molecular complexity index is 900. The van der Waals surface area contributed by atoms with Gasteiger partial charge in [0.1, 0.15) is 11.9 Å². The lowest BCUT2D eigenvalue weighted by atomic mass is 9.86. The summed E-state index contributed by atoms with van der Waals surface area (Å²) in [5, 5.41) is 9.39. The first-order valence-corrected chi connectivity index (χ1v) is 9.68. The highest BCUT2D eigenvalue weighted by Crippen LogP contribution is 2.27. The third-order valence-corrected chi connectivity index (χ3v) is 5.06. The average molecular weight is 404 g/mol. The number of fused-ring (bicyclic) bond motifs is 1. The lowest BCUT2D eigenvalue weighted by molar-refractivity contribution is -0.124. The molecule has 3 rings (SSSR count). The number of nitrogens with zero attached hydrogens (tertiary/aromatic N) is 2. The highest BCUT2D eigenvalue weighted by molar-refractivity contribution is 6.30. The van der Waals surface area contributed by atoms with Crippen LogP contribution in [0.15, 0.2) is 24.3 Å². The molecule has 8 heteroatoms. The molecule has 0 saturated heterocycles. The Morgan fingerprint density at radius 1 is 1.32 bits per heavy atom. The van der Waals surface area contributed by atoms with Gasteiger partial charge in [-0.1, -0.05) is 44.5 Å². The van der Waals surface area contributed by atoms with Gasteiger partial charge in [0.15, 0.2) is 5.69 Å². The highest BCUT2D eigenvalue weighted by atomic mass is 35.5. The van der Waals surface area contributed by atoms with Crippen molar-refractivity contribution in [2.24, 2.45) is 5.41 Å². The fraction of sp³-hybridized carbons (Fsp3) is 0.450. The maximum absolute atomic E-state index is 13.1. The minimum absolute atomic E-state index is 0.234. The molecule has 1 aliphatic heterocycles. The lowest BCUT2D eigenvalue weighted by Crippen LogP contribution is -2.53. The quantitative estimate of drug-likeness (QED) is 0.730. The number of hydrogen-bond donors (Lipinski definition) is 3. The Morgan fingerprint density at radius 2 is 2.07 bits per heavy atom. The third kappa shape index (κ3) is 4.05. The number of aromatic nitrogens is 2. The van der Waals surface area contributed by atoms with Gasteiger partial charge in [-0.2, -0.15) is 0 Å². The van der Waals surface area contributed by atoms with Gasteiger partial charge in [0.2, 0.25) is 5.91 Å². The van der Waals surface area contributed by atoms with Gasteiger partial charge in [-0.3, -0.25) is 9.59 Å². The summed E-state index contributed by atoms with van der Waals surface area (Å²) >= 11 is 6.14. The maximum atomic E-state index is 13.1. The molecule has 0 bridgehead atoms. The van der Waals surface area contributed by atoms with Gasteiger partial charge < -0.3 is 20.5 Å². The zero-order chi connectivity index (χ0) is 20.5. The molecule has 3 N–H and O–H groups in total. The van der Waals surface area contributed by atoms with Crippen molar-refractivity contribution in [1.29, 1.82) is 0 Å². The van der Waals surface area contributed by atoms with Crippen molar-refractivity contribution < 1.29 is 9.59 Å². The van der Waals surface area contributed by atoms with E-state index in [9.17, 15) is 9.59 Å². The number of rotatable bonds is 4. The van der Waals surface area contributed by atoms with Crippen LogP contribution >= 0.6 is 11.6 Å². The molecule has 0 spiro atoms. The third-order valence-electron chi connectivity index (χ3n) is 4.83. The number of amides is 2. The molecule has 1 aromatic carbocycles. The van der Waals surface area contributed by atoms with Crippen LogP contribution in [0.5, 0.6) is 0 Å². The molecular weight excluding hydrogens is 378 g/mol. The normalized spacial score (nSPS) is 14.9. The van der Waals surface area contributed by atoms with E-state index in [1.807, 2.05) is 43.5 Å². The Labute approximate surface area is 169 Å². The molecule has 0 aliphatic carbocycles. The summed E-state index contributed by atoms with van der Waals surface area (Å²) in [4.78, 5) is 30.0. The largest absolute Gasteiger partial charge is 0.357 e. The summed E-state index contributed by atoms with van der Waals surface area (Å²) in [6, 6.07) is 6.75. The summed E-state index contributed by atoms with van der Waals surface area (Å²) in [6.07, 6.45) is 0. The topological polar surface area (TPSA) is 88.1 Å². The van der Waals surface area contributed by atoms with Gasteiger partial charge in [0, 0.05) is 37.3 Å². The van der Waals surface area contributed by atoms with Crippen LogP contribution in [0, 0.1) is 5.41 Å². The fourth-order valence-corrected chi connectivity index (χ4v) is 3.54. The first-order chi connectivity index (χ1) is 13.2. The van der Waals surface area contributed by atoms with E-state index in [1.165, 1.54) is 0 Å². The smallest absolute Gasteiger partial charge is 0.272 e. The molecule has 28 heavy (non-hydrogen) atoms. The van der Waals surface area contributed by atoms with Crippen LogP contribution in [-0.4, -0.2) is 41.0 Å². The molecule has 0 fully saturated rings. The van der Waals surface area contributed by atoms with Crippen molar-refractivity contribution in [2.75, 3.05) is 13.6 Å². The molecule has 1 unspecified atom stereocenters. The van der Waals surface area contributed by atoms with Gasteiger partial charge in [-0.15, -0.1) is 0 Å². The second kappa shape index (κ2) is 7.93. The molecule has 2 heterocycles. The molecular formula is C20H26ClN5O2. The van der Waals surface area contributed by atoms with E-state index < -0.39 is 11.5 Å². The zero-order valence-corrected chi connectivity index (χ0v) is 17.4. The number of benzene rings is 1. The van der Waals surface area contributed by atoms with E-state index in [0.29, 0.717) is 29.6 Å². The Kier molecular flexibility index (Phi) is 5.76. The van der Waals surface area contributed by atoms with E-state index in [4.69, 9.17) is 11.6 Å². The monoisotopic (exact) mass is 403 g/mol. The van der Waals surface area contributed by atoms with Gasteiger partial charge >= 0.3 is 0 Å². The molecule has 1 aromatic heterocycles. The van der Waals surface area contributed by atoms with Crippen molar-refractivity contribution in [1.82, 2.24) is 25.5 Å². The highest BCUT2D eigenvalue weighted by Gasteiger charge is 2.34. The minimum Gasteiger partial charge on any atom is -0.357 e. The fourth-order valence-electron chi connectivity index (χ4n) is 3.35. The second-order valence-electron chi connectivity index (χ2n) is 7.96. The average Bonchev–Trinajstić information content (AvgIpc) is 3.04. The summed E-state index contributed by atoms with van der Waals surface area (Å²) in [7, 11) is 1.56. The number of carbonyl (C=O) groups is 2. The van der Waals surface area contributed by atoms with E-state index in [2.05, 4.69) is 20.9 Å². The zero-order valence-electron chi connectivity index (χ0n) is 16.6. The Hall–Kier alpha value is -2.38. The van der Waals surface area contributed by atoms with Gasteiger partial charge in [-0.05, 0) is 17.5 Å². The molecule has 1 aliphatic rings. The number of hydrogen-bond acceptors (Lipinski definition) is 4. The summed E-state index contributed by atoms with van der Waals surface area (Å²) in [5.74, 6) is 0.114. The van der Waals surface area contributed by atoms with E-state index >= 15 is 0 Å². The first kappa shape index (κ1) is 20.4. The molecule has 7 nitrogen and oxygen atoms in total. The minimum atomic E-state index is -0.673. The predicted molar refractivity (Wildman–Crippen MR) is 109 cm³/mol. The van der Waals surface area contributed by atoms with Gasteiger partial charge in [0.05, 0.1) is 5.69 Å².